The van der Waals surface area contributed by atoms with Crippen LogP contribution in [-0.2, 0) is 11.3 Å². The van der Waals surface area contributed by atoms with Crippen molar-refractivity contribution >= 4 is 11.6 Å². The fourth-order valence-corrected chi connectivity index (χ4v) is 2.61. The van der Waals surface area contributed by atoms with Crippen molar-refractivity contribution in [3.63, 3.8) is 0 Å². The molecule has 0 fully saturated rings. The monoisotopic (exact) mass is 428 g/mol. The van der Waals surface area contributed by atoms with Crippen LogP contribution in [0.3, 0.4) is 0 Å². The van der Waals surface area contributed by atoms with Gasteiger partial charge in [-0.15, -0.1) is 10.2 Å². The maximum absolute atomic E-state index is 12.3. The van der Waals surface area contributed by atoms with Crippen LogP contribution < -0.4 is 14.2 Å². The van der Waals surface area contributed by atoms with Crippen molar-refractivity contribution in [3.05, 3.63) is 58.5 Å². The number of methoxy groups -OCH3 is 2. The molecular weight excluding hydrogens is 408 g/mol. The zero-order chi connectivity index (χ0) is 22.4. The molecule has 0 atom stereocenters. The van der Waals surface area contributed by atoms with E-state index in [1.54, 1.807) is 32.4 Å². The SMILES string of the molecule is COc1ccc(-c2nnc(CN(C)C(=O)COc3ccc([N+](=O)[O-])cc3)o2)cc1OC. The topological polar surface area (TPSA) is 130 Å². The molecule has 1 amide bonds. The Labute approximate surface area is 177 Å². The number of amides is 1. The number of rotatable bonds is 9. The summed E-state index contributed by atoms with van der Waals surface area (Å²) in [6, 6.07) is 10.7. The minimum Gasteiger partial charge on any atom is -0.493 e. The minimum atomic E-state index is -0.511. The quantitative estimate of drug-likeness (QED) is 0.373. The Bertz CT molecular complexity index is 1070. The first-order valence-corrected chi connectivity index (χ1v) is 9.07. The first kappa shape index (κ1) is 21.6. The number of hydrogen-bond donors (Lipinski definition) is 0. The molecule has 2 aromatic carbocycles. The van der Waals surface area contributed by atoms with Gasteiger partial charge in [-0.1, -0.05) is 0 Å². The summed E-state index contributed by atoms with van der Waals surface area (Å²) in [5.74, 6) is 1.64. The van der Waals surface area contributed by atoms with Crippen LogP contribution in [0.1, 0.15) is 5.89 Å². The Morgan fingerprint density at radius 2 is 1.81 bits per heavy atom. The second-order valence-electron chi connectivity index (χ2n) is 6.36. The van der Waals surface area contributed by atoms with Crippen LogP contribution in [0.25, 0.3) is 11.5 Å². The average Bonchev–Trinajstić information content (AvgIpc) is 3.25. The number of carbonyl (C=O) groups excluding carboxylic acids is 1. The predicted octanol–water partition coefficient (Wildman–Crippen LogP) is 2.70. The average molecular weight is 428 g/mol. The number of nitro benzene ring substituents is 1. The second-order valence-corrected chi connectivity index (χ2v) is 6.36. The molecule has 11 heteroatoms. The van der Waals surface area contributed by atoms with Gasteiger partial charge in [-0.05, 0) is 30.3 Å². The lowest BCUT2D eigenvalue weighted by molar-refractivity contribution is -0.384. The molecule has 1 aromatic heterocycles. The lowest BCUT2D eigenvalue weighted by atomic mass is 10.2. The van der Waals surface area contributed by atoms with Gasteiger partial charge in [0.25, 0.3) is 11.6 Å². The van der Waals surface area contributed by atoms with Crippen molar-refractivity contribution in [2.24, 2.45) is 0 Å². The van der Waals surface area contributed by atoms with E-state index in [4.69, 9.17) is 18.6 Å². The highest BCUT2D eigenvalue weighted by molar-refractivity contribution is 5.77. The number of benzene rings is 2. The molecule has 0 saturated carbocycles. The molecule has 0 aliphatic rings. The molecule has 3 aromatic rings. The van der Waals surface area contributed by atoms with Gasteiger partial charge in [0.05, 0.1) is 25.7 Å². The standard InChI is InChI=1S/C20H20N4O7/c1-23(19(25)12-30-15-7-5-14(6-8-15)24(26)27)11-18-21-22-20(31-18)13-4-9-16(28-2)17(10-13)29-3/h4-10H,11-12H2,1-3H3. The molecule has 0 saturated heterocycles. The van der Waals surface area contributed by atoms with Gasteiger partial charge in [0.1, 0.15) is 5.75 Å². The highest BCUT2D eigenvalue weighted by Gasteiger charge is 2.16. The number of nitrogens with zero attached hydrogens (tertiary/aromatic N) is 4. The van der Waals surface area contributed by atoms with Gasteiger partial charge in [-0.3, -0.25) is 14.9 Å². The Morgan fingerprint density at radius 1 is 1.10 bits per heavy atom. The molecule has 0 radical (unpaired) electrons. The van der Waals surface area contributed by atoms with E-state index in [1.807, 2.05) is 0 Å². The van der Waals surface area contributed by atoms with Crippen molar-refractivity contribution in [1.82, 2.24) is 15.1 Å². The summed E-state index contributed by atoms with van der Waals surface area (Å²) in [7, 11) is 4.64. The molecule has 0 aliphatic carbocycles. The van der Waals surface area contributed by atoms with Gasteiger partial charge < -0.3 is 23.5 Å². The summed E-state index contributed by atoms with van der Waals surface area (Å²) < 4.78 is 21.5. The number of carbonyl (C=O) groups is 1. The van der Waals surface area contributed by atoms with Crippen molar-refractivity contribution in [1.29, 1.82) is 0 Å². The molecule has 162 valence electrons. The lowest BCUT2D eigenvalue weighted by Crippen LogP contribution is -2.31. The summed E-state index contributed by atoms with van der Waals surface area (Å²) in [5.41, 5.74) is 0.587. The maximum atomic E-state index is 12.3. The Morgan fingerprint density at radius 3 is 2.45 bits per heavy atom. The van der Waals surface area contributed by atoms with Gasteiger partial charge in [0.15, 0.2) is 18.1 Å². The third-order valence-electron chi connectivity index (χ3n) is 4.31. The van der Waals surface area contributed by atoms with Gasteiger partial charge in [-0.2, -0.15) is 0 Å². The molecule has 31 heavy (non-hydrogen) atoms. The molecule has 0 N–H and O–H groups in total. The Hall–Kier alpha value is -4.15. The molecule has 11 nitrogen and oxygen atoms in total. The van der Waals surface area contributed by atoms with Crippen molar-refractivity contribution in [2.75, 3.05) is 27.9 Å². The summed E-state index contributed by atoms with van der Waals surface area (Å²) in [4.78, 5) is 23.8. The van der Waals surface area contributed by atoms with Gasteiger partial charge in [0.2, 0.25) is 11.8 Å². The zero-order valence-electron chi connectivity index (χ0n) is 17.1. The van der Waals surface area contributed by atoms with E-state index in [1.165, 1.54) is 36.3 Å². The van der Waals surface area contributed by atoms with E-state index in [9.17, 15) is 14.9 Å². The highest BCUT2D eigenvalue weighted by Crippen LogP contribution is 2.31. The molecule has 0 spiro atoms. The molecule has 3 rings (SSSR count). The van der Waals surface area contributed by atoms with E-state index in [-0.39, 0.29) is 36.5 Å². The zero-order valence-corrected chi connectivity index (χ0v) is 17.1. The molecule has 1 heterocycles. The number of ether oxygens (including phenoxy) is 3. The first-order chi connectivity index (χ1) is 14.9. The molecule has 0 bridgehead atoms. The normalized spacial score (nSPS) is 10.4. The van der Waals surface area contributed by atoms with E-state index in [0.717, 1.165) is 0 Å². The molecule has 0 aliphatic heterocycles. The minimum absolute atomic E-state index is 0.0579. The fourth-order valence-electron chi connectivity index (χ4n) is 2.61. The third kappa shape index (κ3) is 5.26. The van der Waals surface area contributed by atoms with E-state index in [0.29, 0.717) is 22.8 Å². The number of likely N-dealkylation sites (N-methyl/N-ethyl adjacent to an activating group) is 1. The van der Waals surface area contributed by atoms with Gasteiger partial charge in [-0.25, -0.2) is 0 Å². The van der Waals surface area contributed by atoms with Gasteiger partial charge >= 0.3 is 0 Å². The van der Waals surface area contributed by atoms with Crippen LogP contribution in [-0.4, -0.2) is 53.8 Å². The Kier molecular flexibility index (Phi) is 6.65. The van der Waals surface area contributed by atoms with Crippen LogP contribution in [0.5, 0.6) is 17.2 Å². The number of hydrogen-bond acceptors (Lipinski definition) is 9. The van der Waals surface area contributed by atoms with Crippen molar-refractivity contribution in [3.8, 4) is 28.7 Å². The van der Waals surface area contributed by atoms with Crippen LogP contribution in [0.4, 0.5) is 5.69 Å². The van der Waals surface area contributed by atoms with E-state index in [2.05, 4.69) is 10.2 Å². The summed E-state index contributed by atoms with van der Waals surface area (Å²) in [6.07, 6.45) is 0. The largest absolute Gasteiger partial charge is 0.493 e. The van der Waals surface area contributed by atoms with E-state index < -0.39 is 4.92 Å². The Balaban J connectivity index is 1.58. The first-order valence-electron chi connectivity index (χ1n) is 9.07. The van der Waals surface area contributed by atoms with Crippen LogP contribution in [0, 0.1) is 10.1 Å². The fraction of sp³-hybridized carbons (Fsp3) is 0.250. The predicted molar refractivity (Wildman–Crippen MR) is 108 cm³/mol. The lowest BCUT2D eigenvalue weighted by Gasteiger charge is -2.15. The summed E-state index contributed by atoms with van der Waals surface area (Å²) in [5, 5.41) is 18.6. The maximum Gasteiger partial charge on any atom is 0.269 e. The van der Waals surface area contributed by atoms with Crippen molar-refractivity contribution in [2.45, 2.75) is 6.54 Å². The number of aromatic nitrogens is 2. The van der Waals surface area contributed by atoms with Crippen molar-refractivity contribution < 1.29 is 28.3 Å². The summed E-state index contributed by atoms with van der Waals surface area (Å²) in [6.45, 7) is -0.159. The molecular formula is C20H20N4O7. The number of nitro groups is 1. The van der Waals surface area contributed by atoms with Gasteiger partial charge in [0, 0.05) is 24.7 Å². The highest BCUT2D eigenvalue weighted by atomic mass is 16.6. The molecule has 0 unspecified atom stereocenters. The van der Waals surface area contributed by atoms with Crippen LogP contribution >= 0.6 is 0 Å². The summed E-state index contributed by atoms with van der Waals surface area (Å²) >= 11 is 0. The van der Waals surface area contributed by atoms with Crippen LogP contribution in [0.2, 0.25) is 0 Å². The van der Waals surface area contributed by atoms with E-state index >= 15 is 0 Å². The smallest absolute Gasteiger partial charge is 0.269 e. The van der Waals surface area contributed by atoms with Crippen LogP contribution in [0.15, 0.2) is 46.9 Å². The second kappa shape index (κ2) is 9.57. The number of non-ortho nitro benzene ring substituents is 1. The third-order valence-corrected chi connectivity index (χ3v) is 4.31.